The number of rotatable bonds is 9. The lowest BCUT2D eigenvalue weighted by atomic mass is 9.93. The molecule has 1 aromatic heterocycles. The number of hydrogen-bond donors (Lipinski definition) is 0. The summed E-state index contributed by atoms with van der Waals surface area (Å²) in [6, 6.07) is 26.8. The lowest BCUT2D eigenvalue weighted by Crippen LogP contribution is -2.40. The molecule has 1 unspecified atom stereocenters. The molecule has 4 aromatic carbocycles. The molecule has 11 heteroatoms. The third-order valence-electron chi connectivity index (χ3n) is 7.44. The molecule has 2 heterocycles. The van der Waals surface area contributed by atoms with Crippen LogP contribution in [0.2, 0.25) is 10.0 Å². The van der Waals surface area contributed by atoms with Crippen LogP contribution in [-0.4, -0.2) is 24.3 Å². The van der Waals surface area contributed by atoms with Crippen LogP contribution in [0.1, 0.15) is 35.2 Å². The van der Waals surface area contributed by atoms with Gasteiger partial charge in [-0.25, -0.2) is 9.79 Å². The largest absolute Gasteiger partial charge is 0.493 e. The standard InChI is InChI=1S/C36H27BrCl2N2O5S/c1-3-45-35(43)30-31(22-9-5-4-6-10-22)40-36-41(32(30)23-13-15-25(38)16-14-23)34(42)29(47-36)19-21-17-26(37)33(28(18-21)44-2)46-20-24-11-7-8-12-27(24)39/h4-19,32H,3,20H2,1-2H3/b29-19-. The van der Waals surface area contributed by atoms with Crippen molar-refractivity contribution >= 4 is 68.2 Å². The summed E-state index contributed by atoms with van der Waals surface area (Å²) in [6.07, 6.45) is 1.77. The summed E-state index contributed by atoms with van der Waals surface area (Å²) in [6.45, 7) is 2.15. The molecular weight excluding hydrogens is 723 g/mol. The van der Waals surface area contributed by atoms with E-state index in [2.05, 4.69) is 15.9 Å². The van der Waals surface area contributed by atoms with E-state index in [-0.39, 0.29) is 24.3 Å². The summed E-state index contributed by atoms with van der Waals surface area (Å²) >= 11 is 17.4. The second kappa shape index (κ2) is 14.3. The van der Waals surface area contributed by atoms with Crippen molar-refractivity contribution in [3.8, 4) is 11.5 Å². The van der Waals surface area contributed by atoms with Crippen molar-refractivity contribution in [2.24, 2.45) is 4.99 Å². The maximum Gasteiger partial charge on any atom is 0.338 e. The van der Waals surface area contributed by atoms with E-state index in [0.29, 0.717) is 52.2 Å². The molecule has 1 aliphatic heterocycles. The molecular formula is C36H27BrCl2N2O5S. The van der Waals surface area contributed by atoms with E-state index in [1.165, 1.54) is 11.3 Å². The number of carbonyl (C=O) groups excluding carboxylic acids is 1. The maximum absolute atomic E-state index is 14.2. The minimum absolute atomic E-state index is 0.164. The number of hydrogen-bond acceptors (Lipinski definition) is 7. The fourth-order valence-electron chi connectivity index (χ4n) is 5.28. The van der Waals surface area contributed by atoms with Crippen molar-refractivity contribution in [2.45, 2.75) is 19.6 Å². The number of fused-ring (bicyclic) bond motifs is 1. The first-order valence-electron chi connectivity index (χ1n) is 14.6. The van der Waals surface area contributed by atoms with Gasteiger partial charge in [0, 0.05) is 21.2 Å². The van der Waals surface area contributed by atoms with Gasteiger partial charge >= 0.3 is 5.97 Å². The molecule has 0 aliphatic carbocycles. The molecule has 0 N–H and O–H groups in total. The lowest BCUT2D eigenvalue weighted by Gasteiger charge is -2.25. The van der Waals surface area contributed by atoms with Gasteiger partial charge in [-0.1, -0.05) is 95.2 Å². The highest BCUT2D eigenvalue weighted by Crippen LogP contribution is 2.38. The van der Waals surface area contributed by atoms with Crippen LogP contribution in [-0.2, 0) is 16.1 Å². The zero-order chi connectivity index (χ0) is 33.1. The normalized spacial score (nSPS) is 14.4. The van der Waals surface area contributed by atoms with Crippen molar-refractivity contribution in [2.75, 3.05) is 13.7 Å². The van der Waals surface area contributed by atoms with Crippen LogP contribution in [0, 0.1) is 0 Å². The van der Waals surface area contributed by atoms with Crippen LogP contribution in [0.15, 0.2) is 111 Å². The monoisotopic (exact) mass is 748 g/mol. The molecule has 5 aromatic rings. The van der Waals surface area contributed by atoms with Gasteiger partial charge in [-0.15, -0.1) is 0 Å². The molecule has 6 rings (SSSR count). The Hall–Kier alpha value is -4.15. The molecule has 47 heavy (non-hydrogen) atoms. The topological polar surface area (TPSA) is 79.1 Å². The molecule has 238 valence electrons. The number of thiazole rings is 1. The Balaban J connectivity index is 1.49. The Morgan fingerprint density at radius 3 is 2.45 bits per heavy atom. The predicted octanol–water partition coefficient (Wildman–Crippen LogP) is 7.59. The minimum Gasteiger partial charge on any atom is -0.493 e. The summed E-state index contributed by atoms with van der Waals surface area (Å²) < 4.78 is 19.9. The summed E-state index contributed by atoms with van der Waals surface area (Å²) in [4.78, 5) is 33.2. The van der Waals surface area contributed by atoms with Crippen LogP contribution in [0.25, 0.3) is 11.8 Å². The highest BCUT2D eigenvalue weighted by Gasteiger charge is 2.35. The number of halogens is 3. The van der Waals surface area contributed by atoms with E-state index in [4.69, 9.17) is 42.4 Å². The molecule has 0 saturated heterocycles. The fourth-order valence-corrected chi connectivity index (χ4v) is 7.17. The van der Waals surface area contributed by atoms with Crippen molar-refractivity contribution < 1.29 is 19.0 Å². The van der Waals surface area contributed by atoms with Gasteiger partial charge in [0.2, 0.25) is 0 Å². The Morgan fingerprint density at radius 1 is 1.02 bits per heavy atom. The Bertz CT molecular complexity index is 2180. The molecule has 7 nitrogen and oxygen atoms in total. The average molecular weight is 750 g/mol. The van der Waals surface area contributed by atoms with Crippen LogP contribution in [0.3, 0.4) is 0 Å². The number of ether oxygens (including phenoxy) is 3. The quantitative estimate of drug-likeness (QED) is 0.145. The van der Waals surface area contributed by atoms with Crippen LogP contribution in [0.4, 0.5) is 0 Å². The van der Waals surface area contributed by atoms with E-state index in [0.717, 1.165) is 11.1 Å². The Kier molecular flexibility index (Phi) is 9.98. The van der Waals surface area contributed by atoms with Crippen molar-refractivity contribution in [1.29, 1.82) is 0 Å². The number of esters is 1. The summed E-state index contributed by atoms with van der Waals surface area (Å²) in [5, 5.41) is 1.14. The van der Waals surface area contributed by atoms with E-state index in [1.807, 2.05) is 60.7 Å². The van der Waals surface area contributed by atoms with Gasteiger partial charge in [0.1, 0.15) is 6.61 Å². The van der Waals surface area contributed by atoms with E-state index < -0.39 is 12.0 Å². The van der Waals surface area contributed by atoms with Gasteiger partial charge in [-0.3, -0.25) is 9.36 Å². The average Bonchev–Trinajstić information content (AvgIpc) is 3.38. The molecule has 0 radical (unpaired) electrons. The zero-order valence-corrected chi connectivity index (χ0v) is 29.1. The van der Waals surface area contributed by atoms with Crippen molar-refractivity contribution in [1.82, 2.24) is 4.57 Å². The molecule has 0 amide bonds. The minimum atomic E-state index is -0.804. The first-order chi connectivity index (χ1) is 22.8. The fraction of sp³-hybridized carbons (Fsp3) is 0.139. The third kappa shape index (κ3) is 6.80. The smallest absolute Gasteiger partial charge is 0.338 e. The predicted molar refractivity (Wildman–Crippen MR) is 189 cm³/mol. The van der Waals surface area contributed by atoms with Gasteiger partial charge in [0.05, 0.1) is 40.0 Å². The molecule has 0 fully saturated rings. The van der Waals surface area contributed by atoms with E-state index >= 15 is 0 Å². The molecule has 1 aliphatic rings. The second-order valence-corrected chi connectivity index (χ2v) is 13.1. The highest BCUT2D eigenvalue weighted by molar-refractivity contribution is 9.10. The zero-order valence-electron chi connectivity index (χ0n) is 25.2. The van der Waals surface area contributed by atoms with E-state index in [9.17, 15) is 9.59 Å². The van der Waals surface area contributed by atoms with E-state index in [1.54, 1.807) is 55.0 Å². The molecule has 1 atom stereocenters. The number of aromatic nitrogens is 1. The van der Waals surface area contributed by atoms with Gasteiger partial charge in [-0.2, -0.15) is 0 Å². The van der Waals surface area contributed by atoms with Crippen LogP contribution >= 0.6 is 50.5 Å². The Morgan fingerprint density at radius 2 is 1.74 bits per heavy atom. The summed E-state index contributed by atoms with van der Waals surface area (Å²) in [7, 11) is 1.55. The second-order valence-electron chi connectivity index (χ2n) is 10.4. The molecule has 0 saturated carbocycles. The van der Waals surface area contributed by atoms with Crippen molar-refractivity contribution in [3.63, 3.8) is 0 Å². The summed E-state index contributed by atoms with van der Waals surface area (Å²) in [5.41, 5.74) is 3.36. The lowest BCUT2D eigenvalue weighted by molar-refractivity contribution is -0.138. The highest BCUT2D eigenvalue weighted by atomic mass is 79.9. The first-order valence-corrected chi connectivity index (χ1v) is 16.9. The summed E-state index contributed by atoms with van der Waals surface area (Å²) in [5.74, 6) is 0.422. The van der Waals surface area contributed by atoms with Crippen molar-refractivity contribution in [3.05, 3.63) is 153 Å². The van der Waals surface area contributed by atoms with Gasteiger partial charge in [-0.05, 0) is 70.4 Å². The van der Waals surface area contributed by atoms with Crippen LogP contribution < -0.4 is 24.4 Å². The number of carbonyl (C=O) groups is 1. The van der Waals surface area contributed by atoms with Gasteiger partial charge < -0.3 is 14.2 Å². The number of benzene rings is 4. The number of nitrogens with zero attached hydrogens (tertiary/aromatic N) is 2. The van der Waals surface area contributed by atoms with Gasteiger partial charge in [0.15, 0.2) is 16.3 Å². The third-order valence-corrected chi connectivity index (χ3v) is 9.63. The molecule has 0 spiro atoms. The number of methoxy groups -OCH3 is 1. The first kappa shape index (κ1) is 32.8. The SMILES string of the molecule is CCOC(=O)C1=C(c2ccccc2)N=c2s/c(=C\c3cc(Br)c(OCc4ccccc4Cl)c(OC)c3)c(=O)n2C1c1ccc(Cl)cc1. The Labute approximate surface area is 293 Å². The molecule has 0 bridgehead atoms. The van der Waals surface area contributed by atoms with Gasteiger partial charge in [0.25, 0.3) is 5.56 Å². The maximum atomic E-state index is 14.2. The van der Waals surface area contributed by atoms with Crippen LogP contribution in [0.5, 0.6) is 11.5 Å².